The zero-order valence-corrected chi connectivity index (χ0v) is 16.0. The van der Waals surface area contributed by atoms with Gasteiger partial charge in [-0.3, -0.25) is 14.3 Å². The maximum absolute atomic E-state index is 12.6. The molecular formula is C20H20N6O3. The highest BCUT2D eigenvalue weighted by Gasteiger charge is 2.17. The van der Waals surface area contributed by atoms with Crippen molar-refractivity contribution in [2.75, 3.05) is 5.32 Å². The SMILES string of the molecule is CCn1c(CNC(=O)c2cc(NC(=O)c3ccco3)n(C)n2)nc2ccccc21. The fourth-order valence-electron chi connectivity index (χ4n) is 3.14. The molecule has 0 aliphatic heterocycles. The van der Waals surface area contributed by atoms with Crippen LogP contribution in [0.5, 0.6) is 0 Å². The van der Waals surface area contributed by atoms with Crippen LogP contribution in [-0.2, 0) is 20.1 Å². The van der Waals surface area contributed by atoms with Crippen LogP contribution in [0.25, 0.3) is 11.0 Å². The smallest absolute Gasteiger partial charge is 0.292 e. The molecular weight excluding hydrogens is 372 g/mol. The molecule has 2 N–H and O–H groups in total. The van der Waals surface area contributed by atoms with Crippen molar-refractivity contribution in [3.63, 3.8) is 0 Å². The van der Waals surface area contributed by atoms with Crippen molar-refractivity contribution in [1.82, 2.24) is 24.6 Å². The van der Waals surface area contributed by atoms with E-state index < -0.39 is 5.91 Å². The summed E-state index contributed by atoms with van der Waals surface area (Å²) in [6.07, 6.45) is 1.42. The second-order valence-corrected chi connectivity index (χ2v) is 6.41. The van der Waals surface area contributed by atoms with Crippen LogP contribution in [0.3, 0.4) is 0 Å². The van der Waals surface area contributed by atoms with Crippen molar-refractivity contribution in [3.05, 3.63) is 66.0 Å². The Bertz CT molecular complexity index is 1170. The monoisotopic (exact) mass is 392 g/mol. The molecule has 0 radical (unpaired) electrons. The number of nitrogens with zero attached hydrogens (tertiary/aromatic N) is 4. The molecule has 0 bridgehead atoms. The predicted octanol–water partition coefficient (Wildman–Crippen LogP) is 2.57. The van der Waals surface area contributed by atoms with Crippen molar-refractivity contribution >= 4 is 28.7 Å². The number of nitrogens with one attached hydrogen (secondary N) is 2. The van der Waals surface area contributed by atoms with E-state index in [-0.39, 0.29) is 23.9 Å². The highest BCUT2D eigenvalue weighted by Crippen LogP contribution is 2.16. The molecule has 4 rings (SSSR count). The van der Waals surface area contributed by atoms with Gasteiger partial charge in [0.05, 0.1) is 23.8 Å². The number of aromatic nitrogens is 4. The van der Waals surface area contributed by atoms with Gasteiger partial charge in [-0.25, -0.2) is 4.98 Å². The van der Waals surface area contributed by atoms with Gasteiger partial charge in [-0.05, 0) is 31.2 Å². The predicted molar refractivity (Wildman–Crippen MR) is 106 cm³/mol. The van der Waals surface area contributed by atoms with Crippen molar-refractivity contribution in [2.45, 2.75) is 20.0 Å². The molecule has 29 heavy (non-hydrogen) atoms. The Morgan fingerprint density at radius 3 is 2.72 bits per heavy atom. The molecule has 2 amide bonds. The average molecular weight is 392 g/mol. The number of hydrogen-bond acceptors (Lipinski definition) is 5. The van der Waals surface area contributed by atoms with Gasteiger partial charge in [-0.1, -0.05) is 12.1 Å². The van der Waals surface area contributed by atoms with Crippen molar-refractivity contribution < 1.29 is 14.0 Å². The summed E-state index contributed by atoms with van der Waals surface area (Å²) in [5, 5.41) is 9.69. The van der Waals surface area contributed by atoms with E-state index in [1.165, 1.54) is 17.0 Å². The number of anilines is 1. The number of carbonyl (C=O) groups is 2. The molecule has 0 saturated carbocycles. The zero-order valence-electron chi connectivity index (χ0n) is 16.0. The molecule has 4 aromatic rings. The largest absolute Gasteiger partial charge is 0.459 e. The Hall–Kier alpha value is -3.88. The van der Waals surface area contributed by atoms with Crippen LogP contribution in [0.1, 0.15) is 33.8 Å². The summed E-state index contributed by atoms with van der Waals surface area (Å²) in [6.45, 7) is 3.05. The van der Waals surface area contributed by atoms with Gasteiger partial charge in [0, 0.05) is 19.7 Å². The molecule has 0 saturated heterocycles. The van der Waals surface area contributed by atoms with E-state index in [1.807, 2.05) is 31.2 Å². The van der Waals surface area contributed by atoms with Crippen molar-refractivity contribution in [1.29, 1.82) is 0 Å². The van der Waals surface area contributed by atoms with Crippen molar-refractivity contribution in [2.24, 2.45) is 7.05 Å². The number of amides is 2. The number of benzene rings is 1. The number of rotatable bonds is 6. The summed E-state index contributed by atoms with van der Waals surface area (Å²) in [5.74, 6) is 0.563. The van der Waals surface area contributed by atoms with Gasteiger partial charge in [0.1, 0.15) is 11.6 Å². The quantitative estimate of drug-likeness (QED) is 0.524. The Morgan fingerprint density at radius 1 is 1.14 bits per heavy atom. The first-order valence-corrected chi connectivity index (χ1v) is 9.18. The van der Waals surface area contributed by atoms with Gasteiger partial charge < -0.3 is 19.6 Å². The highest BCUT2D eigenvalue weighted by molar-refractivity contribution is 6.02. The Balaban J connectivity index is 1.46. The van der Waals surface area contributed by atoms with Gasteiger partial charge in [-0.15, -0.1) is 0 Å². The van der Waals surface area contributed by atoms with E-state index in [9.17, 15) is 9.59 Å². The number of carbonyl (C=O) groups excluding carboxylic acids is 2. The van der Waals surface area contributed by atoms with Crippen LogP contribution in [0.15, 0.2) is 53.1 Å². The molecule has 1 aromatic carbocycles. The Kier molecular flexibility index (Phi) is 4.86. The zero-order chi connectivity index (χ0) is 20.4. The van der Waals surface area contributed by atoms with Crippen LogP contribution >= 0.6 is 0 Å². The van der Waals surface area contributed by atoms with E-state index in [4.69, 9.17) is 4.42 Å². The number of aryl methyl sites for hydroxylation is 2. The molecule has 0 aliphatic rings. The normalized spacial score (nSPS) is 11.0. The lowest BCUT2D eigenvalue weighted by Gasteiger charge is -2.06. The number of hydrogen-bond donors (Lipinski definition) is 2. The molecule has 0 spiro atoms. The van der Waals surface area contributed by atoms with E-state index >= 15 is 0 Å². The van der Waals surface area contributed by atoms with Gasteiger partial charge in [0.15, 0.2) is 11.5 Å². The third kappa shape index (κ3) is 3.62. The Morgan fingerprint density at radius 2 is 1.97 bits per heavy atom. The molecule has 0 fully saturated rings. The van der Waals surface area contributed by atoms with E-state index in [2.05, 4.69) is 25.3 Å². The van der Waals surface area contributed by atoms with Crippen LogP contribution in [-0.4, -0.2) is 31.1 Å². The molecule has 9 heteroatoms. The third-order valence-electron chi connectivity index (χ3n) is 4.56. The molecule has 0 atom stereocenters. The van der Waals surface area contributed by atoms with Gasteiger partial charge in [0.25, 0.3) is 11.8 Å². The summed E-state index contributed by atoms with van der Waals surface area (Å²) < 4.78 is 8.55. The highest BCUT2D eigenvalue weighted by atomic mass is 16.3. The van der Waals surface area contributed by atoms with Crippen molar-refractivity contribution in [3.8, 4) is 0 Å². The summed E-state index contributed by atoms with van der Waals surface area (Å²) in [7, 11) is 1.64. The maximum Gasteiger partial charge on any atom is 0.292 e. The lowest BCUT2D eigenvalue weighted by molar-refractivity contribution is 0.0942. The first kappa shape index (κ1) is 18.5. The first-order valence-electron chi connectivity index (χ1n) is 9.18. The fourth-order valence-corrected chi connectivity index (χ4v) is 3.14. The molecule has 0 unspecified atom stereocenters. The second kappa shape index (κ2) is 7.63. The van der Waals surface area contributed by atoms with E-state index in [0.717, 1.165) is 23.4 Å². The lowest BCUT2D eigenvalue weighted by atomic mass is 10.3. The maximum atomic E-state index is 12.6. The minimum absolute atomic E-state index is 0.177. The van der Waals surface area contributed by atoms with Crippen LogP contribution in [0, 0.1) is 0 Å². The molecule has 148 valence electrons. The second-order valence-electron chi connectivity index (χ2n) is 6.41. The number of furan rings is 1. The third-order valence-corrected chi connectivity index (χ3v) is 4.56. The van der Waals surface area contributed by atoms with Crippen LogP contribution in [0.4, 0.5) is 5.82 Å². The number of para-hydroxylation sites is 2. The van der Waals surface area contributed by atoms with Gasteiger partial charge in [-0.2, -0.15) is 5.10 Å². The molecule has 0 aliphatic carbocycles. The average Bonchev–Trinajstić information content (AvgIpc) is 3.45. The summed E-state index contributed by atoms with van der Waals surface area (Å²) in [6, 6.07) is 12.5. The number of fused-ring (bicyclic) bond motifs is 1. The van der Waals surface area contributed by atoms with Gasteiger partial charge in [0.2, 0.25) is 0 Å². The molecule has 3 aromatic heterocycles. The van der Waals surface area contributed by atoms with Crippen LogP contribution < -0.4 is 10.6 Å². The first-order chi connectivity index (χ1) is 14.1. The summed E-state index contributed by atoms with van der Waals surface area (Å²) >= 11 is 0. The fraction of sp³-hybridized carbons (Fsp3) is 0.200. The van der Waals surface area contributed by atoms with E-state index in [1.54, 1.807) is 19.2 Å². The van der Waals surface area contributed by atoms with Gasteiger partial charge >= 0.3 is 0 Å². The van der Waals surface area contributed by atoms with E-state index in [0.29, 0.717) is 5.82 Å². The molecule has 3 heterocycles. The summed E-state index contributed by atoms with van der Waals surface area (Å²) in [5.41, 5.74) is 2.11. The lowest BCUT2D eigenvalue weighted by Crippen LogP contribution is -2.25. The van der Waals surface area contributed by atoms with Crippen LogP contribution in [0.2, 0.25) is 0 Å². The minimum atomic E-state index is -0.415. The minimum Gasteiger partial charge on any atom is -0.459 e. The number of imidazole rings is 1. The standard InChI is InChI=1S/C20H20N6O3/c1-3-26-15-8-5-4-7-13(15)22-18(26)12-21-19(27)14-11-17(25(2)24-14)23-20(28)16-9-6-10-29-16/h4-11H,3,12H2,1-2H3,(H,21,27)(H,23,28). The molecule has 9 nitrogen and oxygen atoms in total. The topological polar surface area (TPSA) is 107 Å². The Labute approximate surface area is 166 Å². The summed E-state index contributed by atoms with van der Waals surface area (Å²) in [4.78, 5) is 29.3.